The van der Waals surface area contributed by atoms with E-state index in [0.29, 0.717) is 25.4 Å². The molecular weight excluding hydrogens is 218 g/mol. The van der Waals surface area contributed by atoms with Crippen LogP contribution in [0.1, 0.15) is 0 Å². The van der Waals surface area contributed by atoms with Gasteiger partial charge in [-0.3, -0.25) is 4.90 Å². The van der Waals surface area contributed by atoms with Gasteiger partial charge in [0.25, 0.3) is 0 Å². The molecule has 0 aromatic heterocycles. The summed E-state index contributed by atoms with van der Waals surface area (Å²) in [5.74, 6) is 0. The number of ether oxygens (including phenoxy) is 1. The molecule has 1 aromatic carbocycles. The molecular formula is C12H17N3O2. The summed E-state index contributed by atoms with van der Waals surface area (Å²) in [6.45, 7) is 2.67. The fourth-order valence-corrected chi connectivity index (χ4v) is 1.89. The van der Waals surface area contributed by atoms with E-state index in [1.165, 1.54) is 0 Å². The molecule has 0 spiro atoms. The number of amides is 2. The first-order valence-corrected chi connectivity index (χ1v) is 5.63. The number of hydrogen-bond donors (Lipinski definition) is 1. The highest BCUT2D eigenvalue weighted by Crippen LogP contribution is 2.21. The van der Waals surface area contributed by atoms with Gasteiger partial charge in [0.2, 0.25) is 0 Å². The van der Waals surface area contributed by atoms with Crippen molar-refractivity contribution < 1.29 is 9.53 Å². The van der Waals surface area contributed by atoms with Crippen LogP contribution in [0.2, 0.25) is 0 Å². The molecule has 1 aliphatic heterocycles. The van der Waals surface area contributed by atoms with Crippen LogP contribution < -0.4 is 10.6 Å². The van der Waals surface area contributed by atoms with Gasteiger partial charge in [-0.1, -0.05) is 0 Å². The Hall–Kier alpha value is -1.75. The monoisotopic (exact) mass is 235 g/mol. The third-order valence-corrected chi connectivity index (χ3v) is 2.87. The molecule has 1 fully saturated rings. The molecule has 2 amide bonds. The fourth-order valence-electron chi connectivity index (χ4n) is 1.89. The molecule has 92 valence electrons. The number of nitrogen functional groups attached to an aromatic ring is 1. The highest BCUT2D eigenvalue weighted by atomic mass is 16.5. The predicted molar refractivity (Wildman–Crippen MR) is 67.0 cm³/mol. The number of urea groups is 1. The van der Waals surface area contributed by atoms with Crippen LogP contribution in [0.25, 0.3) is 0 Å². The number of nitrogens with zero attached hydrogens (tertiary/aromatic N) is 2. The van der Waals surface area contributed by atoms with E-state index in [9.17, 15) is 4.79 Å². The van der Waals surface area contributed by atoms with E-state index in [4.69, 9.17) is 10.5 Å². The largest absolute Gasteiger partial charge is 0.399 e. The van der Waals surface area contributed by atoms with E-state index in [-0.39, 0.29) is 6.03 Å². The van der Waals surface area contributed by atoms with Crippen LogP contribution in [-0.4, -0.2) is 44.3 Å². The summed E-state index contributed by atoms with van der Waals surface area (Å²) in [5, 5.41) is 0. The third-order valence-electron chi connectivity index (χ3n) is 2.87. The van der Waals surface area contributed by atoms with Gasteiger partial charge in [-0.05, 0) is 24.3 Å². The molecule has 1 saturated heterocycles. The van der Waals surface area contributed by atoms with E-state index in [1.54, 1.807) is 29.0 Å². The van der Waals surface area contributed by atoms with Crippen LogP contribution in [0.5, 0.6) is 0 Å². The summed E-state index contributed by atoms with van der Waals surface area (Å²) in [6, 6.07) is 7.38. The zero-order valence-corrected chi connectivity index (χ0v) is 9.93. The lowest BCUT2D eigenvalue weighted by Gasteiger charge is -2.18. The van der Waals surface area contributed by atoms with Gasteiger partial charge in [0.1, 0.15) is 0 Å². The molecule has 2 rings (SSSR count). The number of hydrogen-bond acceptors (Lipinski definition) is 3. The molecule has 5 heteroatoms. The molecule has 1 heterocycles. The fraction of sp³-hybridized carbons (Fsp3) is 0.417. The normalized spacial score (nSPS) is 15.7. The van der Waals surface area contributed by atoms with Crippen LogP contribution in [0.4, 0.5) is 16.2 Å². The van der Waals surface area contributed by atoms with Gasteiger partial charge >= 0.3 is 6.03 Å². The second-order valence-corrected chi connectivity index (χ2v) is 4.01. The molecule has 0 atom stereocenters. The molecule has 0 aliphatic carbocycles. The topological polar surface area (TPSA) is 58.8 Å². The number of nitrogens with two attached hydrogens (primary N) is 1. The maximum atomic E-state index is 12.1. The summed E-state index contributed by atoms with van der Waals surface area (Å²) in [6.07, 6.45) is 0. The zero-order chi connectivity index (χ0) is 12.3. The number of benzene rings is 1. The number of anilines is 2. The quantitative estimate of drug-likeness (QED) is 0.797. The van der Waals surface area contributed by atoms with Crippen molar-refractivity contribution in [3.63, 3.8) is 0 Å². The van der Waals surface area contributed by atoms with Gasteiger partial charge < -0.3 is 15.4 Å². The predicted octanol–water partition coefficient (Wildman–Crippen LogP) is 1.16. The van der Waals surface area contributed by atoms with Gasteiger partial charge in [0.15, 0.2) is 0 Å². The summed E-state index contributed by atoms with van der Waals surface area (Å²) >= 11 is 0. The number of methoxy groups -OCH3 is 1. The zero-order valence-electron chi connectivity index (χ0n) is 9.93. The number of rotatable bonds is 4. The van der Waals surface area contributed by atoms with E-state index < -0.39 is 0 Å². The van der Waals surface area contributed by atoms with Crippen molar-refractivity contribution in [3.05, 3.63) is 24.3 Å². The van der Waals surface area contributed by atoms with E-state index >= 15 is 0 Å². The van der Waals surface area contributed by atoms with Crippen LogP contribution >= 0.6 is 0 Å². The Morgan fingerprint density at radius 3 is 2.65 bits per heavy atom. The number of carbonyl (C=O) groups excluding carboxylic acids is 1. The Morgan fingerprint density at radius 2 is 2.00 bits per heavy atom. The Morgan fingerprint density at radius 1 is 1.29 bits per heavy atom. The Kier molecular flexibility index (Phi) is 3.49. The lowest BCUT2D eigenvalue weighted by atomic mass is 10.2. The minimum absolute atomic E-state index is 0.0341. The summed E-state index contributed by atoms with van der Waals surface area (Å²) < 4.78 is 4.98. The van der Waals surface area contributed by atoms with Crippen molar-refractivity contribution in [2.75, 3.05) is 44.0 Å². The highest BCUT2D eigenvalue weighted by molar-refractivity contribution is 5.94. The van der Waals surface area contributed by atoms with Crippen molar-refractivity contribution in [2.24, 2.45) is 0 Å². The molecule has 1 aromatic rings. The molecule has 1 aliphatic rings. The van der Waals surface area contributed by atoms with Gasteiger partial charge in [-0.2, -0.15) is 0 Å². The van der Waals surface area contributed by atoms with E-state index in [2.05, 4.69) is 0 Å². The molecule has 0 radical (unpaired) electrons. The lowest BCUT2D eigenvalue weighted by Crippen LogP contribution is -2.33. The summed E-state index contributed by atoms with van der Waals surface area (Å²) in [4.78, 5) is 15.6. The molecule has 0 saturated carbocycles. The summed E-state index contributed by atoms with van der Waals surface area (Å²) in [5.41, 5.74) is 7.22. The highest BCUT2D eigenvalue weighted by Gasteiger charge is 2.28. The first kappa shape index (κ1) is 11.7. The van der Waals surface area contributed by atoms with Crippen molar-refractivity contribution in [2.45, 2.75) is 0 Å². The smallest absolute Gasteiger partial charge is 0.324 e. The van der Waals surface area contributed by atoms with Crippen molar-refractivity contribution in [1.82, 2.24) is 4.90 Å². The molecule has 0 unspecified atom stereocenters. The SMILES string of the molecule is COCCN1CCN(c2ccc(N)cc2)C1=O. The minimum Gasteiger partial charge on any atom is -0.399 e. The van der Waals surface area contributed by atoms with Crippen molar-refractivity contribution >= 4 is 17.4 Å². The van der Waals surface area contributed by atoms with Gasteiger partial charge in [-0.25, -0.2) is 4.79 Å². The Bertz CT molecular complexity index is 391. The molecule has 17 heavy (non-hydrogen) atoms. The lowest BCUT2D eigenvalue weighted by molar-refractivity contribution is 0.162. The maximum absolute atomic E-state index is 12.1. The van der Waals surface area contributed by atoms with E-state index in [1.807, 2.05) is 12.1 Å². The van der Waals surface area contributed by atoms with Gasteiger partial charge in [0, 0.05) is 38.1 Å². The van der Waals surface area contributed by atoms with Crippen LogP contribution in [0.15, 0.2) is 24.3 Å². The van der Waals surface area contributed by atoms with Crippen LogP contribution in [0.3, 0.4) is 0 Å². The number of carbonyl (C=O) groups is 1. The van der Waals surface area contributed by atoms with Crippen LogP contribution in [-0.2, 0) is 4.74 Å². The second-order valence-electron chi connectivity index (χ2n) is 4.01. The standard InChI is InChI=1S/C12H17N3O2/c1-17-9-8-14-6-7-15(12(14)16)11-4-2-10(13)3-5-11/h2-5H,6-9,13H2,1H3. The molecule has 2 N–H and O–H groups in total. The summed E-state index contributed by atoms with van der Waals surface area (Å²) in [7, 11) is 1.64. The molecule has 5 nitrogen and oxygen atoms in total. The average molecular weight is 235 g/mol. The third kappa shape index (κ3) is 2.50. The Labute approximate surface area is 101 Å². The Balaban J connectivity index is 2.04. The average Bonchev–Trinajstić information content (AvgIpc) is 2.69. The van der Waals surface area contributed by atoms with Crippen LogP contribution in [0, 0.1) is 0 Å². The van der Waals surface area contributed by atoms with Crippen molar-refractivity contribution in [1.29, 1.82) is 0 Å². The second kappa shape index (κ2) is 5.05. The van der Waals surface area contributed by atoms with E-state index in [0.717, 1.165) is 12.2 Å². The van der Waals surface area contributed by atoms with Gasteiger partial charge in [-0.15, -0.1) is 0 Å². The van der Waals surface area contributed by atoms with Gasteiger partial charge in [0.05, 0.1) is 6.61 Å². The van der Waals surface area contributed by atoms with Crippen molar-refractivity contribution in [3.8, 4) is 0 Å². The minimum atomic E-state index is 0.0341. The first-order chi connectivity index (χ1) is 8.22. The first-order valence-electron chi connectivity index (χ1n) is 5.63. The molecule has 0 bridgehead atoms. The maximum Gasteiger partial charge on any atom is 0.324 e.